The zero-order chi connectivity index (χ0) is 12.5. The molecule has 0 spiro atoms. The summed E-state index contributed by atoms with van der Waals surface area (Å²) in [6, 6.07) is 1.40. The molecular formula is C14H24N4. The Hall–Kier alpha value is -0.870. The van der Waals surface area contributed by atoms with E-state index in [0.717, 1.165) is 30.9 Å². The number of rotatable bonds is 4. The maximum atomic E-state index is 4.29. The summed E-state index contributed by atoms with van der Waals surface area (Å²) in [5.74, 6) is 2.08. The van der Waals surface area contributed by atoms with Gasteiger partial charge in [-0.3, -0.25) is 4.90 Å². The van der Waals surface area contributed by atoms with Crippen molar-refractivity contribution in [2.24, 2.45) is 5.92 Å². The third kappa shape index (κ3) is 2.59. The highest BCUT2D eigenvalue weighted by Crippen LogP contribution is 2.36. The lowest BCUT2D eigenvalue weighted by Crippen LogP contribution is -2.56. The Morgan fingerprint density at radius 2 is 2.22 bits per heavy atom. The predicted molar refractivity (Wildman–Crippen MR) is 72.5 cm³/mol. The summed E-state index contributed by atoms with van der Waals surface area (Å²) < 4.78 is 2.26. The van der Waals surface area contributed by atoms with Crippen LogP contribution in [0.5, 0.6) is 0 Å². The Morgan fingerprint density at radius 1 is 1.39 bits per heavy atom. The molecule has 1 aliphatic carbocycles. The van der Waals surface area contributed by atoms with E-state index in [1.54, 1.807) is 0 Å². The summed E-state index contributed by atoms with van der Waals surface area (Å²) in [6.07, 6.45) is 6.85. The van der Waals surface area contributed by atoms with Crippen LogP contribution in [0.15, 0.2) is 12.4 Å². The van der Waals surface area contributed by atoms with Crippen molar-refractivity contribution in [3.63, 3.8) is 0 Å². The average Bonchev–Trinajstić information content (AvgIpc) is 3.11. The second-order valence-corrected chi connectivity index (χ2v) is 5.88. The largest absolute Gasteiger partial charge is 0.334 e. The minimum Gasteiger partial charge on any atom is -0.334 e. The Labute approximate surface area is 109 Å². The number of nitrogens with zero attached hydrogens (tertiary/aromatic N) is 3. The second kappa shape index (κ2) is 5.02. The highest BCUT2D eigenvalue weighted by Gasteiger charge is 2.37. The van der Waals surface area contributed by atoms with Gasteiger partial charge in [-0.25, -0.2) is 4.98 Å². The molecule has 1 saturated carbocycles. The summed E-state index contributed by atoms with van der Waals surface area (Å²) in [5, 5.41) is 3.63. The summed E-state index contributed by atoms with van der Waals surface area (Å²) >= 11 is 0. The van der Waals surface area contributed by atoms with E-state index in [-0.39, 0.29) is 0 Å². The van der Waals surface area contributed by atoms with E-state index < -0.39 is 0 Å². The van der Waals surface area contributed by atoms with Crippen LogP contribution in [-0.4, -0.2) is 46.2 Å². The van der Waals surface area contributed by atoms with Crippen LogP contribution in [0.4, 0.5) is 0 Å². The third-order valence-electron chi connectivity index (χ3n) is 4.37. The molecule has 0 radical (unpaired) electrons. The lowest BCUT2D eigenvalue weighted by atomic mass is 10.1. The molecule has 1 saturated heterocycles. The number of aryl methyl sites for hydroxylation is 1. The normalized spacial score (nSPS) is 29.7. The van der Waals surface area contributed by atoms with Gasteiger partial charge in [0.05, 0.1) is 0 Å². The number of aromatic nitrogens is 2. The highest BCUT2D eigenvalue weighted by molar-refractivity contribution is 4.95. The van der Waals surface area contributed by atoms with Crippen molar-refractivity contribution < 1.29 is 0 Å². The Bertz CT molecular complexity index is 396. The van der Waals surface area contributed by atoms with Gasteiger partial charge in [-0.1, -0.05) is 0 Å². The van der Waals surface area contributed by atoms with E-state index in [9.17, 15) is 0 Å². The van der Waals surface area contributed by atoms with Crippen LogP contribution < -0.4 is 5.32 Å². The topological polar surface area (TPSA) is 33.1 Å². The summed E-state index contributed by atoms with van der Waals surface area (Å²) in [7, 11) is 0. The standard InChI is InChI=1S/C14H24N4/c1-11-10-18(14(9-16-11)13-3-4-13)8-7-17-6-5-15-12(17)2/h5-6,11,13-14,16H,3-4,7-10H2,1-2H3. The molecule has 0 amide bonds. The van der Waals surface area contributed by atoms with E-state index in [2.05, 4.69) is 39.8 Å². The van der Waals surface area contributed by atoms with E-state index in [0.29, 0.717) is 6.04 Å². The van der Waals surface area contributed by atoms with Gasteiger partial charge in [0.1, 0.15) is 5.82 Å². The summed E-state index contributed by atoms with van der Waals surface area (Å²) in [4.78, 5) is 6.99. The molecule has 0 aromatic carbocycles. The van der Waals surface area contributed by atoms with Gasteiger partial charge in [0.15, 0.2) is 0 Å². The van der Waals surface area contributed by atoms with Gasteiger partial charge < -0.3 is 9.88 Å². The lowest BCUT2D eigenvalue weighted by molar-refractivity contribution is 0.115. The SMILES string of the molecule is Cc1nccn1CCN1CC(C)NCC1C1CC1. The van der Waals surface area contributed by atoms with Crippen molar-refractivity contribution >= 4 is 0 Å². The molecule has 100 valence electrons. The zero-order valence-corrected chi connectivity index (χ0v) is 11.5. The molecule has 1 N–H and O–H groups in total. The van der Waals surface area contributed by atoms with Crippen LogP contribution in [0.2, 0.25) is 0 Å². The van der Waals surface area contributed by atoms with Gasteiger partial charge in [0.25, 0.3) is 0 Å². The van der Waals surface area contributed by atoms with Crippen molar-refractivity contribution in [3.8, 4) is 0 Å². The maximum absolute atomic E-state index is 4.29. The molecule has 18 heavy (non-hydrogen) atoms. The number of hydrogen-bond donors (Lipinski definition) is 1. The summed E-state index contributed by atoms with van der Waals surface area (Å²) in [5.41, 5.74) is 0. The molecule has 1 aromatic rings. The number of imidazole rings is 1. The van der Waals surface area contributed by atoms with Crippen LogP contribution in [0, 0.1) is 12.8 Å². The first-order valence-corrected chi connectivity index (χ1v) is 7.19. The monoisotopic (exact) mass is 248 g/mol. The number of piperazine rings is 1. The smallest absolute Gasteiger partial charge is 0.105 e. The molecule has 4 heteroatoms. The molecule has 1 aliphatic heterocycles. The lowest BCUT2D eigenvalue weighted by Gasteiger charge is -2.39. The Morgan fingerprint density at radius 3 is 2.89 bits per heavy atom. The van der Waals surface area contributed by atoms with Crippen molar-refractivity contribution in [2.45, 2.75) is 45.3 Å². The van der Waals surface area contributed by atoms with Crippen LogP contribution in [-0.2, 0) is 6.54 Å². The number of hydrogen-bond acceptors (Lipinski definition) is 3. The molecule has 1 aromatic heterocycles. The molecule has 2 aliphatic rings. The van der Waals surface area contributed by atoms with E-state index in [1.807, 2.05) is 6.20 Å². The van der Waals surface area contributed by atoms with Gasteiger partial charge in [-0.15, -0.1) is 0 Å². The zero-order valence-electron chi connectivity index (χ0n) is 11.5. The number of nitrogens with one attached hydrogen (secondary N) is 1. The van der Waals surface area contributed by atoms with Crippen molar-refractivity contribution in [2.75, 3.05) is 19.6 Å². The van der Waals surface area contributed by atoms with Crippen LogP contribution >= 0.6 is 0 Å². The first-order valence-electron chi connectivity index (χ1n) is 7.19. The molecule has 4 nitrogen and oxygen atoms in total. The van der Waals surface area contributed by atoms with Gasteiger partial charge >= 0.3 is 0 Å². The van der Waals surface area contributed by atoms with Gasteiger partial charge in [0, 0.05) is 50.7 Å². The van der Waals surface area contributed by atoms with Crippen molar-refractivity contribution in [1.29, 1.82) is 0 Å². The minimum absolute atomic E-state index is 0.629. The van der Waals surface area contributed by atoms with Crippen molar-refractivity contribution in [1.82, 2.24) is 19.8 Å². The molecule has 2 fully saturated rings. The van der Waals surface area contributed by atoms with E-state index in [4.69, 9.17) is 0 Å². The molecule has 0 bridgehead atoms. The maximum Gasteiger partial charge on any atom is 0.105 e. The van der Waals surface area contributed by atoms with E-state index >= 15 is 0 Å². The van der Waals surface area contributed by atoms with Gasteiger partial charge in [-0.05, 0) is 32.6 Å². The van der Waals surface area contributed by atoms with Crippen LogP contribution in [0.3, 0.4) is 0 Å². The highest BCUT2D eigenvalue weighted by atomic mass is 15.3. The minimum atomic E-state index is 0.629. The van der Waals surface area contributed by atoms with Crippen LogP contribution in [0.25, 0.3) is 0 Å². The quantitative estimate of drug-likeness (QED) is 0.871. The average molecular weight is 248 g/mol. The van der Waals surface area contributed by atoms with E-state index in [1.165, 1.54) is 25.9 Å². The third-order valence-corrected chi connectivity index (χ3v) is 4.37. The van der Waals surface area contributed by atoms with Crippen LogP contribution in [0.1, 0.15) is 25.6 Å². The molecule has 3 rings (SSSR count). The predicted octanol–water partition coefficient (Wildman–Crippen LogP) is 1.26. The van der Waals surface area contributed by atoms with Gasteiger partial charge in [0.2, 0.25) is 0 Å². The molecule has 2 heterocycles. The Kier molecular flexibility index (Phi) is 3.39. The fourth-order valence-electron chi connectivity index (χ4n) is 3.08. The molecule has 2 unspecified atom stereocenters. The fourth-order valence-corrected chi connectivity index (χ4v) is 3.08. The summed E-state index contributed by atoms with van der Waals surface area (Å²) in [6.45, 7) is 8.97. The van der Waals surface area contributed by atoms with Crippen molar-refractivity contribution in [3.05, 3.63) is 18.2 Å². The second-order valence-electron chi connectivity index (χ2n) is 5.88. The van der Waals surface area contributed by atoms with Gasteiger partial charge in [-0.2, -0.15) is 0 Å². The fraction of sp³-hybridized carbons (Fsp3) is 0.786. The molecular weight excluding hydrogens is 224 g/mol. The first-order chi connectivity index (χ1) is 8.74. The molecule has 2 atom stereocenters. The first kappa shape index (κ1) is 12.2. The Balaban J connectivity index is 1.60.